The Bertz CT molecular complexity index is 1110. The van der Waals surface area contributed by atoms with Crippen LogP contribution in [0.25, 0.3) is 0 Å². The maximum atomic E-state index is 13.0. The van der Waals surface area contributed by atoms with Crippen LogP contribution in [-0.4, -0.2) is 31.0 Å². The zero-order valence-corrected chi connectivity index (χ0v) is 18.3. The molecule has 0 radical (unpaired) electrons. The van der Waals surface area contributed by atoms with Crippen LogP contribution in [0.5, 0.6) is 5.75 Å². The number of likely N-dealkylation sites (N-methyl/N-ethyl adjacent to an activating group) is 1. The van der Waals surface area contributed by atoms with Crippen LogP contribution in [0, 0.1) is 0 Å². The minimum Gasteiger partial charge on any atom is -0.484 e. The molecule has 1 aliphatic heterocycles. The summed E-state index contributed by atoms with van der Waals surface area (Å²) in [5.41, 5.74) is 3.56. The van der Waals surface area contributed by atoms with E-state index >= 15 is 0 Å². The summed E-state index contributed by atoms with van der Waals surface area (Å²) in [6.07, 6.45) is 2.52. The quantitative estimate of drug-likeness (QED) is 0.561. The second-order valence-corrected chi connectivity index (χ2v) is 7.79. The van der Waals surface area contributed by atoms with E-state index in [0.29, 0.717) is 41.9 Å². The second kappa shape index (κ2) is 9.60. The van der Waals surface area contributed by atoms with E-state index in [1.807, 2.05) is 13.0 Å². The standard InChI is InChI=1S/C25H27N3O4/c1-3-26-24(29)16-32-20-9-6-8-19(14-20)27-25(30)21-11-12-31-23(21)15-28-17(2)13-18-7-4-5-10-22(18)28/h4-12,14,17H,3,13,15-16H2,1-2H3,(H,26,29)(H,27,30). The summed E-state index contributed by atoms with van der Waals surface area (Å²) < 4.78 is 11.2. The zero-order valence-electron chi connectivity index (χ0n) is 18.3. The van der Waals surface area contributed by atoms with E-state index in [9.17, 15) is 9.59 Å². The fourth-order valence-corrected chi connectivity index (χ4v) is 3.95. The third kappa shape index (κ3) is 4.77. The number of para-hydroxylation sites is 1. The molecular weight excluding hydrogens is 406 g/mol. The highest BCUT2D eigenvalue weighted by molar-refractivity contribution is 6.05. The van der Waals surface area contributed by atoms with E-state index in [1.165, 1.54) is 11.3 Å². The number of fused-ring (bicyclic) bond motifs is 1. The molecule has 0 spiro atoms. The topological polar surface area (TPSA) is 83.8 Å². The van der Waals surface area contributed by atoms with Gasteiger partial charge >= 0.3 is 0 Å². The summed E-state index contributed by atoms with van der Waals surface area (Å²) in [6.45, 7) is 5.01. The Labute approximate surface area is 187 Å². The number of ether oxygens (including phenoxy) is 1. The molecule has 1 unspecified atom stereocenters. The molecule has 4 rings (SSSR count). The van der Waals surface area contributed by atoms with E-state index in [0.717, 1.165) is 6.42 Å². The van der Waals surface area contributed by atoms with Gasteiger partial charge in [0.1, 0.15) is 11.5 Å². The van der Waals surface area contributed by atoms with Crippen molar-refractivity contribution < 1.29 is 18.7 Å². The first-order valence-corrected chi connectivity index (χ1v) is 10.8. The molecule has 0 saturated carbocycles. The van der Waals surface area contributed by atoms with Crippen molar-refractivity contribution in [2.24, 2.45) is 0 Å². The lowest BCUT2D eigenvalue weighted by Crippen LogP contribution is -2.29. The number of nitrogens with one attached hydrogen (secondary N) is 2. The zero-order chi connectivity index (χ0) is 22.5. The molecule has 0 fully saturated rings. The number of furan rings is 1. The van der Waals surface area contributed by atoms with Crippen LogP contribution in [0.4, 0.5) is 11.4 Å². The Balaban J connectivity index is 1.43. The molecular formula is C25H27N3O4. The Morgan fingerprint density at radius 3 is 2.84 bits per heavy atom. The Hall–Kier alpha value is -3.74. The third-order valence-electron chi connectivity index (χ3n) is 5.49. The minimum absolute atomic E-state index is 0.0768. The number of nitrogens with zero attached hydrogens (tertiary/aromatic N) is 1. The van der Waals surface area contributed by atoms with Crippen molar-refractivity contribution in [3.63, 3.8) is 0 Å². The Morgan fingerprint density at radius 1 is 1.16 bits per heavy atom. The van der Waals surface area contributed by atoms with Gasteiger partial charge in [-0.05, 0) is 50.1 Å². The van der Waals surface area contributed by atoms with Gasteiger partial charge in [-0.15, -0.1) is 0 Å². The Morgan fingerprint density at radius 2 is 2.00 bits per heavy atom. The summed E-state index contributed by atoms with van der Waals surface area (Å²) in [7, 11) is 0. The van der Waals surface area contributed by atoms with Crippen molar-refractivity contribution in [3.8, 4) is 5.75 Å². The number of hydrogen-bond donors (Lipinski definition) is 2. The van der Waals surface area contributed by atoms with Gasteiger partial charge in [0.2, 0.25) is 0 Å². The van der Waals surface area contributed by atoms with Gasteiger partial charge in [-0.25, -0.2) is 0 Å². The number of amides is 2. The molecule has 7 nitrogen and oxygen atoms in total. The van der Waals surface area contributed by atoms with E-state index in [-0.39, 0.29) is 18.4 Å². The molecule has 3 aromatic rings. The van der Waals surface area contributed by atoms with Crippen molar-refractivity contribution in [2.75, 3.05) is 23.4 Å². The molecule has 2 heterocycles. The molecule has 7 heteroatoms. The van der Waals surface area contributed by atoms with Gasteiger partial charge in [0.15, 0.2) is 6.61 Å². The van der Waals surface area contributed by atoms with E-state index in [4.69, 9.17) is 9.15 Å². The number of carbonyl (C=O) groups excluding carboxylic acids is 2. The molecule has 2 aromatic carbocycles. The van der Waals surface area contributed by atoms with Gasteiger partial charge in [-0.3, -0.25) is 9.59 Å². The normalized spacial score (nSPS) is 14.7. The highest BCUT2D eigenvalue weighted by Gasteiger charge is 2.28. The van der Waals surface area contributed by atoms with Crippen LogP contribution in [-0.2, 0) is 17.8 Å². The fourth-order valence-electron chi connectivity index (χ4n) is 3.95. The smallest absolute Gasteiger partial charge is 0.259 e. The predicted molar refractivity (Wildman–Crippen MR) is 123 cm³/mol. The average molecular weight is 434 g/mol. The van der Waals surface area contributed by atoms with Crippen LogP contribution in [0.15, 0.2) is 65.3 Å². The van der Waals surface area contributed by atoms with Gasteiger partial charge in [0, 0.05) is 30.0 Å². The largest absolute Gasteiger partial charge is 0.484 e. The third-order valence-corrected chi connectivity index (χ3v) is 5.49. The molecule has 32 heavy (non-hydrogen) atoms. The summed E-state index contributed by atoms with van der Waals surface area (Å²) in [4.78, 5) is 26.8. The lowest BCUT2D eigenvalue weighted by Gasteiger charge is -2.24. The second-order valence-electron chi connectivity index (χ2n) is 7.79. The van der Waals surface area contributed by atoms with Gasteiger partial charge in [-0.2, -0.15) is 0 Å². The number of anilines is 2. The van der Waals surface area contributed by atoms with Crippen LogP contribution in [0.2, 0.25) is 0 Å². The number of carbonyl (C=O) groups is 2. The first-order valence-electron chi connectivity index (χ1n) is 10.8. The highest BCUT2D eigenvalue weighted by atomic mass is 16.5. The lowest BCUT2D eigenvalue weighted by atomic mass is 10.1. The summed E-state index contributed by atoms with van der Waals surface area (Å²) in [5, 5.41) is 5.57. The number of benzene rings is 2. The van der Waals surface area contributed by atoms with Gasteiger partial charge in [0.05, 0.1) is 18.4 Å². The SMILES string of the molecule is CCNC(=O)COc1cccc(NC(=O)c2ccoc2CN2c3ccccc3CC2C)c1. The van der Waals surface area contributed by atoms with Crippen LogP contribution >= 0.6 is 0 Å². The van der Waals surface area contributed by atoms with Crippen molar-refractivity contribution in [1.82, 2.24) is 5.32 Å². The molecule has 1 aromatic heterocycles. The van der Waals surface area contributed by atoms with Crippen molar-refractivity contribution in [3.05, 3.63) is 77.7 Å². The van der Waals surface area contributed by atoms with Gasteiger partial charge in [0.25, 0.3) is 11.8 Å². The monoisotopic (exact) mass is 433 g/mol. The highest BCUT2D eigenvalue weighted by Crippen LogP contribution is 2.33. The van der Waals surface area contributed by atoms with E-state index in [1.54, 1.807) is 36.6 Å². The molecule has 166 valence electrons. The lowest BCUT2D eigenvalue weighted by molar-refractivity contribution is -0.122. The van der Waals surface area contributed by atoms with Crippen LogP contribution in [0.1, 0.15) is 35.5 Å². The first kappa shape index (κ1) is 21.5. The van der Waals surface area contributed by atoms with E-state index < -0.39 is 0 Å². The summed E-state index contributed by atoms with van der Waals surface area (Å²) >= 11 is 0. The maximum Gasteiger partial charge on any atom is 0.259 e. The summed E-state index contributed by atoms with van der Waals surface area (Å²) in [5.74, 6) is 0.677. The van der Waals surface area contributed by atoms with Crippen molar-refractivity contribution in [1.29, 1.82) is 0 Å². The fraction of sp³-hybridized carbons (Fsp3) is 0.280. The minimum atomic E-state index is -0.255. The van der Waals surface area contributed by atoms with Gasteiger partial charge in [-0.1, -0.05) is 24.3 Å². The van der Waals surface area contributed by atoms with Crippen molar-refractivity contribution >= 4 is 23.2 Å². The number of hydrogen-bond acceptors (Lipinski definition) is 5. The van der Waals surface area contributed by atoms with E-state index in [2.05, 4.69) is 40.7 Å². The molecule has 2 N–H and O–H groups in total. The maximum absolute atomic E-state index is 13.0. The molecule has 0 aliphatic carbocycles. The van der Waals surface area contributed by atoms with Gasteiger partial charge < -0.3 is 24.7 Å². The molecule has 0 bridgehead atoms. The first-order chi connectivity index (χ1) is 15.5. The Kier molecular flexibility index (Phi) is 6.44. The van der Waals surface area contributed by atoms with Crippen molar-refractivity contribution in [2.45, 2.75) is 32.9 Å². The molecule has 1 aliphatic rings. The summed E-state index contributed by atoms with van der Waals surface area (Å²) in [6, 6.07) is 17.3. The number of rotatable bonds is 8. The molecule has 0 saturated heterocycles. The van der Waals surface area contributed by atoms with Crippen LogP contribution in [0.3, 0.4) is 0 Å². The van der Waals surface area contributed by atoms with Crippen LogP contribution < -0.4 is 20.3 Å². The average Bonchev–Trinajstić information content (AvgIpc) is 3.37. The molecule has 2 amide bonds. The molecule has 1 atom stereocenters. The predicted octanol–water partition coefficient (Wildman–Crippen LogP) is 4.00.